The van der Waals surface area contributed by atoms with Gasteiger partial charge < -0.3 is 15.4 Å². The number of Topliss-reactive ketones (excluding diaryl/α,β-unsaturated/α-hetero) is 1. The lowest BCUT2D eigenvalue weighted by molar-refractivity contribution is -0.140. The van der Waals surface area contributed by atoms with Crippen LogP contribution < -0.4 is 15.5 Å². The first-order valence-electron chi connectivity index (χ1n) is 11.1. The standard InChI is InChI=1S/C26H25N3O4/c1-3-33-24(31)22-23(27)29(16-10-5-4-6-11-16)19-14-9-15-20(30)21(19)26(22)17-12-7-8-13-18(17)28(2)25(26)32/h4-8,10-13H,3,9,14-15,27H2,1-2H3. The van der Waals surface area contributed by atoms with Crippen LogP contribution in [0.15, 0.2) is 77.3 Å². The number of ether oxygens (including phenoxy) is 1. The Bertz CT molecular complexity index is 1250. The number of nitrogens with two attached hydrogens (primary N) is 1. The Balaban J connectivity index is 1.92. The summed E-state index contributed by atoms with van der Waals surface area (Å²) in [7, 11) is 1.66. The monoisotopic (exact) mass is 443 g/mol. The van der Waals surface area contributed by atoms with Crippen molar-refractivity contribution < 1.29 is 19.1 Å². The number of hydrogen-bond acceptors (Lipinski definition) is 6. The van der Waals surface area contributed by atoms with E-state index >= 15 is 0 Å². The van der Waals surface area contributed by atoms with Gasteiger partial charge in [0, 0.05) is 41.7 Å². The van der Waals surface area contributed by atoms with Crippen LogP contribution in [0.4, 0.5) is 11.4 Å². The Hall–Kier alpha value is -3.87. The highest BCUT2D eigenvalue weighted by Crippen LogP contribution is 2.56. The number of anilines is 2. The van der Waals surface area contributed by atoms with E-state index < -0.39 is 11.4 Å². The second kappa shape index (κ2) is 7.62. The average molecular weight is 444 g/mol. The molecule has 7 nitrogen and oxygen atoms in total. The van der Waals surface area contributed by atoms with Gasteiger partial charge in [0.2, 0.25) is 5.91 Å². The molecule has 0 saturated heterocycles. The van der Waals surface area contributed by atoms with E-state index in [0.29, 0.717) is 41.8 Å². The molecule has 3 aliphatic rings. The summed E-state index contributed by atoms with van der Waals surface area (Å²) in [6.45, 7) is 1.81. The van der Waals surface area contributed by atoms with Gasteiger partial charge in [0.05, 0.1) is 6.61 Å². The maximum absolute atomic E-state index is 14.1. The molecule has 5 rings (SSSR count). The highest BCUT2D eigenvalue weighted by Gasteiger charge is 2.63. The molecular weight excluding hydrogens is 418 g/mol. The molecular formula is C26H25N3O4. The number of nitrogens with zero attached hydrogens (tertiary/aromatic N) is 2. The van der Waals surface area contributed by atoms with E-state index in [1.54, 1.807) is 24.9 Å². The minimum Gasteiger partial charge on any atom is -0.462 e. The zero-order chi connectivity index (χ0) is 23.3. The number of carbonyl (C=O) groups is 3. The predicted octanol–water partition coefficient (Wildman–Crippen LogP) is 3.16. The van der Waals surface area contributed by atoms with Crippen molar-refractivity contribution in [2.24, 2.45) is 5.73 Å². The average Bonchev–Trinajstić information content (AvgIpc) is 3.03. The molecule has 168 valence electrons. The Kier molecular flexibility index (Phi) is 4.85. The van der Waals surface area contributed by atoms with Crippen molar-refractivity contribution in [1.29, 1.82) is 0 Å². The number of benzene rings is 2. The third-order valence-electron chi connectivity index (χ3n) is 6.69. The lowest BCUT2D eigenvalue weighted by Gasteiger charge is -2.44. The lowest BCUT2D eigenvalue weighted by Crippen LogP contribution is -2.54. The Morgan fingerprint density at radius 3 is 2.48 bits per heavy atom. The molecule has 7 heteroatoms. The Labute approximate surface area is 192 Å². The zero-order valence-electron chi connectivity index (χ0n) is 18.6. The van der Waals surface area contributed by atoms with Crippen LogP contribution in [0.25, 0.3) is 0 Å². The second-order valence-corrected chi connectivity index (χ2v) is 8.38. The van der Waals surface area contributed by atoms with Crippen LogP contribution >= 0.6 is 0 Å². The SMILES string of the molecule is CCOC(=O)C1=C(N)N(c2ccccc2)C2=C(C(=O)CCC2)C12C(=O)N(C)c1ccccc12. The fraction of sp³-hybridized carbons (Fsp3) is 0.269. The number of likely N-dealkylation sites (N-methyl/N-ethyl adjacent to an activating group) is 1. The molecule has 1 aliphatic carbocycles. The first kappa shape index (κ1) is 21.0. The minimum absolute atomic E-state index is 0.00371. The van der Waals surface area contributed by atoms with Crippen molar-refractivity contribution in [3.05, 3.63) is 82.8 Å². The number of fused-ring (bicyclic) bond motifs is 3. The number of esters is 1. The molecule has 0 radical (unpaired) electrons. The lowest BCUT2D eigenvalue weighted by atomic mass is 9.63. The fourth-order valence-corrected chi connectivity index (χ4v) is 5.43. The van der Waals surface area contributed by atoms with Crippen LogP contribution in [0.5, 0.6) is 0 Å². The van der Waals surface area contributed by atoms with Gasteiger partial charge in [-0.25, -0.2) is 4.79 Å². The molecule has 2 heterocycles. The largest absolute Gasteiger partial charge is 0.462 e. The van der Waals surface area contributed by atoms with Gasteiger partial charge in [-0.15, -0.1) is 0 Å². The number of allylic oxidation sites excluding steroid dienone is 1. The second-order valence-electron chi connectivity index (χ2n) is 8.38. The molecule has 0 aromatic heterocycles. The van der Waals surface area contributed by atoms with E-state index in [1.165, 1.54) is 4.90 Å². The number of hydrogen-bond donors (Lipinski definition) is 1. The first-order chi connectivity index (χ1) is 15.9. The van der Waals surface area contributed by atoms with Crippen molar-refractivity contribution in [3.8, 4) is 0 Å². The van der Waals surface area contributed by atoms with Gasteiger partial charge in [-0.1, -0.05) is 36.4 Å². The van der Waals surface area contributed by atoms with Crippen molar-refractivity contribution in [2.45, 2.75) is 31.6 Å². The summed E-state index contributed by atoms with van der Waals surface area (Å²) in [5.74, 6) is -1.10. The van der Waals surface area contributed by atoms with Gasteiger partial charge >= 0.3 is 5.97 Å². The number of carbonyl (C=O) groups excluding carboxylic acids is 3. The van der Waals surface area contributed by atoms with Crippen LogP contribution in [-0.4, -0.2) is 31.3 Å². The molecule has 2 aromatic rings. The van der Waals surface area contributed by atoms with Crippen molar-refractivity contribution in [3.63, 3.8) is 0 Å². The predicted molar refractivity (Wildman–Crippen MR) is 124 cm³/mol. The van der Waals surface area contributed by atoms with E-state index in [0.717, 1.165) is 5.69 Å². The fourth-order valence-electron chi connectivity index (χ4n) is 5.43. The number of ketones is 1. The molecule has 1 amide bonds. The van der Waals surface area contributed by atoms with E-state index in [2.05, 4.69) is 0 Å². The summed E-state index contributed by atoms with van der Waals surface area (Å²) in [6.07, 6.45) is 1.51. The minimum atomic E-state index is -1.63. The van der Waals surface area contributed by atoms with Crippen molar-refractivity contribution >= 4 is 29.0 Å². The van der Waals surface area contributed by atoms with Gasteiger partial charge in [0.1, 0.15) is 16.8 Å². The van der Waals surface area contributed by atoms with Gasteiger partial charge in [-0.3, -0.25) is 14.5 Å². The molecule has 0 bridgehead atoms. The normalized spacial score (nSPS) is 22.1. The first-order valence-corrected chi connectivity index (χ1v) is 11.1. The maximum atomic E-state index is 14.1. The van der Waals surface area contributed by atoms with Crippen molar-refractivity contribution in [2.75, 3.05) is 23.5 Å². The Morgan fingerprint density at radius 1 is 1.06 bits per heavy atom. The van der Waals surface area contributed by atoms with Crippen molar-refractivity contribution in [1.82, 2.24) is 0 Å². The molecule has 2 N–H and O–H groups in total. The summed E-state index contributed by atoms with van der Waals surface area (Å²) in [6, 6.07) is 16.6. The molecule has 0 saturated carbocycles. The summed E-state index contributed by atoms with van der Waals surface area (Å²) < 4.78 is 5.43. The maximum Gasteiger partial charge on any atom is 0.339 e. The molecule has 0 fully saturated rings. The van der Waals surface area contributed by atoms with Gasteiger partial charge in [0.15, 0.2) is 5.78 Å². The number of para-hydroxylation sites is 2. The van der Waals surface area contributed by atoms with E-state index in [4.69, 9.17) is 10.5 Å². The topological polar surface area (TPSA) is 92.9 Å². The molecule has 1 spiro atoms. The molecule has 1 atom stereocenters. The third kappa shape index (κ3) is 2.71. The summed E-state index contributed by atoms with van der Waals surface area (Å²) >= 11 is 0. The smallest absolute Gasteiger partial charge is 0.339 e. The summed E-state index contributed by atoms with van der Waals surface area (Å²) in [5, 5.41) is 0. The molecule has 2 aromatic carbocycles. The van der Waals surface area contributed by atoms with Gasteiger partial charge in [-0.05, 0) is 38.0 Å². The molecule has 33 heavy (non-hydrogen) atoms. The van der Waals surface area contributed by atoms with Crippen LogP contribution in [0.3, 0.4) is 0 Å². The summed E-state index contributed by atoms with van der Waals surface area (Å²) in [4.78, 5) is 44.4. The van der Waals surface area contributed by atoms with E-state index in [1.807, 2.05) is 48.5 Å². The molecule has 2 aliphatic heterocycles. The van der Waals surface area contributed by atoms with Crippen LogP contribution in [0.1, 0.15) is 31.7 Å². The number of amides is 1. The highest BCUT2D eigenvalue weighted by atomic mass is 16.5. The quantitative estimate of drug-likeness (QED) is 0.733. The number of rotatable bonds is 3. The third-order valence-corrected chi connectivity index (χ3v) is 6.69. The van der Waals surface area contributed by atoms with E-state index in [9.17, 15) is 14.4 Å². The Morgan fingerprint density at radius 2 is 1.76 bits per heavy atom. The van der Waals surface area contributed by atoms with E-state index in [-0.39, 0.29) is 29.7 Å². The van der Waals surface area contributed by atoms with Gasteiger partial charge in [-0.2, -0.15) is 0 Å². The van der Waals surface area contributed by atoms with Crippen LogP contribution in [-0.2, 0) is 24.5 Å². The van der Waals surface area contributed by atoms with Crippen LogP contribution in [0, 0.1) is 0 Å². The summed E-state index contributed by atoms with van der Waals surface area (Å²) in [5.41, 5.74) is 8.08. The van der Waals surface area contributed by atoms with Gasteiger partial charge in [0.25, 0.3) is 0 Å². The highest BCUT2D eigenvalue weighted by molar-refractivity contribution is 6.24. The zero-order valence-corrected chi connectivity index (χ0v) is 18.6. The van der Waals surface area contributed by atoms with Crippen LogP contribution in [0.2, 0.25) is 0 Å². The molecule has 1 unspecified atom stereocenters.